The van der Waals surface area contributed by atoms with E-state index in [1.165, 1.54) is 12.1 Å². The van der Waals surface area contributed by atoms with Crippen molar-refractivity contribution in [3.63, 3.8) is 0 Å². The van der Waals surface area contributed by atoms with Gasteiger partial charge in [0.1, 0.15) is 11.6 Å². The van der Waals surface area contributed by atoms with E-state index < -0.39 is 30.1 Å². The standard InChI is InChI=1S/C21H23F2NO5/c1-3-9-27-18-8-5-14(11-19(18)28-10-4-2)21(26)29-13-20(25)24-17-12-15(22)6-7-16(17)23/h5-8,11-12H,3-4,9-10,13H2,1-2H3,(H,24,25). The molecule has 0 saturated carbocycles. The van der Waals surface area contributed by atoms with Crippen molar-refractivity contribution in [1.29, 1.82) is 0 Å². The summed E-state index contributed by atoms with van der Waals surface area (Å²) in [4.78, 5) is 24.1. The zero-order valence-corrected chi connectivity index (χ0v) is 16.3. The van der Waals surface area contributed by atoms with Gasteiger partial charge >= 0.3 is 5.97 Å². The minimum atomic E-state index is -0.800. The van der Waals surface area contributed by atoms with E-state index in [0.29, 0.717) is 24.7 Å². The quantitative estimate of drug-likeness (QED) is 0.593. The molecule has 0 bridgehead atoms. The van der Waals surface area contributed by atoms with Crippen LogP contribution in [0.3, 0.4) is 0 Å². The van der Waals surface area contributed by atoms with Gasteiger partial charge in [-0.2, -0.15) is 0 Å². The lowest BCUT2D eigenvalue weighted by atomic mass is 10.2. The number of ether oxygens (including phenoxy) is 3. The molecule has 0 aliphatic carbocycles. The average Bonchev–Trinajstić information content (AvgIpc) is 2.71. The number of rotatable bonds is 10. The zero-order valence-electron chi connectivity index (χ0n) is 16.3. The smallest absolute Gasteiger partial charge is 0.338 e. The fourth-order valence-electron chi connectivity index (χ4n) is 2.29. The molecular formula is C21H23F2NO5. The van der Waals surface area contributed by atoms with Crippen LogP contribution < -0.4 is 14.8 Å². The Balaban J connectivity index is 2.00. The summed E-state index contributed by atoms with van der Waals surface area (Å²) in [5.41, 5.74) is -0.164. The summed E-state index contributed by atoms with van der Waals surface area (Å²) in [7, 11) is 0. The second kappa shape index (κ2) is 11.0. The Morgan fingerprint density at radius 1 is 0.931 bits per heavy atom. The predicted octanol–water partition coefficient (Wildman–Crippen LogP) is 4.34. The molecule has 29 heavy (non-hydrogen) atoms. The Kier molecular flexibility index (Phi) is 8.39. The summed E-state index contributed by atoms with van der Waals surface area (Å²) in [6.07, 6.45) is 1.59. The van der Waals surface area contributed by atoms with Gasteiger partial charge in [0.2, 0.25) is 0 Å². The Bertz CT molecular complexity index is 857. The molecule has 6 nitrogen and oxygen atoms in total. The number of esters is 1. The van der Waals surface area contributed by atoms with Gasteiger partial charge in [-0.1, -0.05) is 13.8 Å². The minimum Gasteiger partial charge on any atom is -0.490 e. The molecule has 0 unspecified atom stereocenters. The highest BCUT2D eigenvalue weighted by molar-refractivity contribution is 5.95. The van der Waals surface area contributed by atoms with Crippen LogP contribution in [0, 0.1) is 11.6 Å². The topological polar surface area (TPSA) is 73.9 Å². The first-order valence-corrected chi connectivity index (χ1v) is 9.26. The van der Waals surface area contributed by atoms with E-state index in [9.17, 15) is 18.4 Å². The molecule has 0 atom stereocenters. The molecule has 1 amide bonds. The maximum atomic E-state index is 13.6. The first-order valence-electron chi connectivity index (χ1n) is 9.26. The SMILES string of the molecule is CCCOc1ccc(C(=O)OCC(=O)Nc2cc(F)ccc2F)cc1OCCC. The number of anilines is 1. The average molecular weight is 407 g/mol. The summed E-state index contributed by atoms with van der Waals surface area (Å²) < 4.78 is 42.9. The highest BCUT2D eigenvalue weighted by Gasteiger charge is 2.15. The molecule has 0 spiro atoms. The molecule has 2 aromatic carbocycles. The molecular weight excluding hydrogens is 384 g/mol. The first-order chi connectivity index (χ1) is 13.9. The fourth-order valence-corrected chi connectivity index (χ4v) is 2.29. The highest BCUT2D eigenvalue weighted by atomic mass is 19.1. The lowest BCUT2D eigenvalue weighted by molar-refractivity contribution is -0.119. The number of carbonyl (C=O) groups excluding carboxylic acids is 2. The van der Waals surface area contributed by atoms with Crippen molar-refractivity contribution in [2.75, 3.05) is 25.1 Å². The van der Waals surface area contributed by atoms with E-state index in [1.54, 1.807) is 6.07 Å². The Labute approximate surface area is 167 Å². The monoisotopic (exact) mass is 407 g/mol. The van der Waals surface area contributed by atoms with Crippen LogP contribution in [0.15, 0.2) is 36.4 Å². The largest absolute Gasteiger partial charge is 0.490 e. The Morgan fingerprint density at radius 3 is 2.31 bits per heavy atom. The van der Waals surface area contributed by atoms with Crippen LogP contribution in [-0.2, 0) is 9.53 Å². The molecule has 2 aromatic rings. The second-order valence-electron chi connectivity index (χ2n) is 6.11. The molecule has 0 heterocycles. The molecule has 156 valence electrons. The maximum absolute atomic E-state index is 13.6. The van der Waals surface area contributed by atoms with E-state index in [-0.39, 0.29) is 11.3 Å². The third-order valence-corrected chi connectivity index (χ3v) is 3.64. The highest BCUT2D eigenvalue weighted by Crippen LogP contribution is 2.29. The van der Waals surface area contributed by atoms with Crippen molar-refractivity contribution >= 4 is 17.6 Å². The first kappa shape index (κ1) is 22.1. The van der Waals surface area contributed by atoms with Gasteiger partial charge < -0.3 is 19.5 Å². The van der Waals surface area contributed by atoms with Gasteiger partial charge in [-0.05, 0) is 43.2 Å². The number of amides is 1. The second-order valence-corrected chi connectivity index (χ2v) is 6.11. The van der Waals surface area contributed by atoms with Crippen molar-refractivity contribution in [1.82, 2.24) is 0 Å². The van der Waals surface area contributed by atoms with Gasteiger partial charge in [-0.25, -0.2) is 13.6 Å². The van der Waals surface area contributed by atoms with Gasteiger partial charge in [-0.15, -0.1) is 0 Å². The third-order valence-electron chi connectivity index (χ3n) is 3.64. The normalized spacial score (nSPS) is 10.3. The molecule has 0 aromatic heterocycles. The molecule has 0 aliphatic heterocycles. The van der Waals surface area contributed by atoms with Gasteiger partial charge in [0.05, 0.1) is 24.5 Å². The van der Waals surface area contributed by atoms with Crippen molar-refractivity contribution < 1.29 is 32.6 Å². The number of nitrogens with one attached hydrogen (secondary N) is 1. The zero-order chi connectivity index (χ0) is 21.2. The molecule has 2 rings (SSSR count). The maximum Gasteiger partial charge on any atom is 0.338 e. The van der Waals surface area contributed by atoms with E-state index in [1.807, 2.05) is 13.8 Å². The summed E-state index contributed by atoms with van der Waals surface area (Å²) in [6, 6.07) is 7.22. The molecule has 0 aliphatic rings. The van der Waals surface area contributed by atoms with Crippen molar-refractivity contribution in [2.24, 2.45) is 0 Å². The number of carbonyl (C=O) groups is 2. The van der Waals surface area contributed by atoms with Crippen molar-refractivity contribution in [3.8, 4) is 11.5 Å². The number of halogens is 2. The fraction of sp³-hybridized carbons (Fsp3) is 0.333. The molecule has 1 N–H and O–H groups in total. The van der Waals surface area contributed by atoms with Crippen LogP contribution in [0.4, 0.5) is 14.5 Å². The van der Waals surface area contributed by atoms with Crippen LogP contribution in [0.1, 0.15) is 37.0 Å². The van der Waals surface area contributed by atoms with Crippen molar-refractivity contribution in [3.05, 3.63) is 53.6 Å². The molecule has 0 saturated heterocycles. The number of hydrogen-bond acceptors (Lipinski definition) is 5. The minimum absolute atomic E-state index is 0.171. The third kappa shape index (κ3) is 6.74. The number of hydrogen-bond donors (Lipinski definition) is 1. The molecule has 8 heteroatoms. The summed E-state index contributed by atoms with van der Waals surface area (Å²) in [6.45, 7) is 4.21. The van der Waals surface area contributed by atoms with Crippen LogP contribution in [0.5, 0.6) is 11.5 Å². The lowest BCUT2D eigenvalue weighted by Gasteiger charge is -2.13. The van der Waals surface area contributed by atoms with Crippen LogP contribution in [-0.4, -0.2) is 31.7 Å². The Morgan fingerprint density at radius 2 is 1.62 bits per heavy atom. The predicted molar refractivity (Wildman–Crippen MR) is 103 cm³/mol. The summed E-state index contributed by atoms with van der Waals surface area (Å²) >= 11 is 0. The summed E-state index contributed by atoms with van der Waals surface area (Å²) in [5, 5.41) is 2.15. The molecule has 0 radical (unpaired) electrons. The van der Waals surface area contributed by atoms with Crippen molar-refractivity contribution in [2.45, 2.75) is 26.7 Å². The van der Waals surface area contributed by atoms with E-state index in [2.05, 4.69) is 5.32 Å². The van der Waals surface area contributed by atoms with E-state index in [4.69, 9.17) is 14.2 Å². The lowest BCUT2D eigenvalue weighted by Crippen LogP contribution is -2.21. The van der Waals surface area contributed by atoms with Crippen LogP contribution in [0.2, 0.25) is 0 Å². The van der Waals surface area contributed by atoms with E-state index >= 15 is 0 Å². The Hall–Kier alpha value is -3.16. The van der Waals surface area contributed by atoms with Gasteiger partial charge in [-0.3, -0.25) is 4.79 Å². The van der Waals surface area contributed by atoms with Gasteiger partial charge in [0.25, 0.3) is 5.91 Å². The summed E-state index contributed by atoms with van der Waals surface area (Å²) in [5.74, 6) is -2.15. The van der Waals surface area contributed by atoms with Gasteiger partial charge in [0.15, 0.2) is 18.1 Å². The molecule has 0 fully saturated rings. The van der Waals surface area contributed by atoms with Crippen LogP contribution >= 0.6 is 0 Å². The van der Waals surface area contributed by atoms with E-state index in [0.717, 1.165) is 31.0 Å². The van der Waals surface area contributed by atoms with Crippen LogP contribution in [0.25, 0.3) is 0 Å². The number of benzene rings is 2. The van der Waals surface area contributed by atoms with Gasteiger partial charge in [0, 0.05) is 6.07 Å².